The zero-order chi connectivity index (χ0) is 16.2. The Kier molecular flexibility index (Phi) is 4.72. The zero-order valence-corrected chi connectivity index (χ0v) is 13.6. The van der Waals surface area contributed by atoms with E-state index in [0.717, 1.165) is 24.2 Å². The van der Waals surface area contributed by atoms with Crippen LogP contribution in [0, 0.1) is 5.92 Å². The standard InChI is InChI=1S/C18H19ClN2O2/c1-23-14-10-8-13(9-11-14)17(12-6-7-12)21-18(22)20-16-5-3-2-4-15(16)19/h2-5,8-12,17H,6-7H2,1H3,(H2,20,21,22). The van der Waals surface area contributed by atoms with Crippen LogP contribution < -0.4 is 15.4 Å². The summed E-state index contributed by atoms with van der Waals surface area (Å²) >= 11 is 6.07. The van der Waals surface area contributed by atoms with Crippen LogP contribution in [0.3, 0.4) is 0 Å². The van der Waals surface area contributed by atoms with E-state index in [9.17, 15) is 4.79 Å². The van der Waals surface area contributed by atoms with Crippen molar-refractivity contribution in [2.75, 3.05) is 12.4 Å². The second kappa shape index (κ2) is 6.92. The minimum Gasteiger partial charge on any atom is -0.497 e. The Labute approximate surface area is 140 Å². The molecular weight excluding hydrogens is 312 g/mol. The van der Waals surface area contributed by atoms with Crippen LogP contribution in [0.1, 0.15) is 24.4 Å². The van der Waals surface area contributed by atoms with Crippen molar-refractivity contribution in [3.8, 4) is 5.75 Å². The maximum absolute atomic E-state index is 12.3. The number of hydrogen-bond acceptors (Lipinski definition) is 2. The first-order valence-electron chi connectivity index (χ1n) is 7.63. The van der Waals surface area contributed by atoms with E-state index >= 15 is 0 Å². The average Bonchev–Trinajstić information content (AvgIpc) is 3.40. The summed E-state index contributed by atoms with van der Waals surface area (Å²) in [6.07, 6.45) is 2.26. The van der Waals surface area contributed by atoms with Crippen LogP contribution in [0.15, 0.2) is 48.5 Å². The van der Waals surface area contributed by atoms with Gasteiger partial charge in [-0.3, -0.25) is 0 Å². The second-order valence-electron chi connectivity index (χ2n) is 5.67. The molecule has 0 aliphatic heterocycles. The molecule has 0 saturated heterocycles. The van der Waals surface area contributed by atoms with E-state index in [2.05, 4.69) is 10.6 Å². The Morgan fingerprint density at radius 3 is 2.48 bits per heavy atom. The van der Waals surface area contributed by atoms with Crippen LogP contribution in [-0.2, 0) is 0 Å². The number of rotatable bonds is 5. The zero-order valence-electron chi connectivity index (χ0n) is 12.9. The molecule has 120 valence electrons. The first kappa shape index (κ1) is 15.7. The molecule has 1 aliphatic carbocycles. The summed E-state index contributed by atoms with van der Waals surface area (Å²) in [5, 5.41) is 6.39. The molecule has 0 radical (unpaired) electrons. The number of carbonyl (C=O) groups is 1. The number of hydrogen-bond donors (Lipinski definition) is 2. The number of nitrogens with one attached hydrogen (secondary N) is 2. The van der Waals surface area contributed by atoms with Crippen LogP contribution >= 0.6 is 11.6 Å². The van der Waals surface area contributed by atoms with E-state index in [1.807, 2.05) is 36.4 Å². The predicted octanol–water partition coefficient (Wildman–Crippen LogP) is 4.62. The number of para-hydroxylation sites is 1. The summed E-state index contributed by atoms with van der Waals surface area (Å²) < 4.78 is 5.18. The molecule has 0 bridgehead atoms. The van der Waals surface area contributed by atoms with Crippen LogP contribution in [0.2, 0.25) is 5.02 Å². The lowest BCUT2D eigenvalue weighted by atomic mass is 10.0. The van der Waals surface area contributed by atoms with Crippen molar-refractivity contribution in [2.45, 2.75) is 18.9 Å². The summed E-state index contributed by atoms with van der Waals surface area (Å²) in [5.41, 5.74) is 1.69. The molecule has 1 aliphatic rings. The van der Waals surface area contributed by atoms with Gasteiger partial charge in [0.25, 0.3) is 0 Å². The summed E-state index contributed by atoms with van der Waals surface area (Å²) in [6, 6.07) is 14.8. The fourth-order valence-electron chi connectivity index (χ4n) is 2.58. The molecule has 1 atom stereocenters. The molecule has 2 aromatic carbocycles. The molecule has 0 heterocycles. The van der Waals surface area contributed by atoms with E-state index in [1.54, 1.807) is 19.2 Å². The van der Waals surface area contributed by atoms with Gasteiger partial charge >= 0.3 is 6.03 Å². The van der Waals surface area contributed by atoms with Crippen molar-refractivity contribution < 1.29 is 9.53 Å². The lowest BCUT2D eigenvalue weighted by Crippen LogP contribution is -2.33. The fourth-order valence-corrected chi connectivity index (χ4v) is 2.76. The molecule has 5 heteroatoms. The van der Waals surface area contributed by atoms with Gasteiger partial charge in [-0.05, 0) is 48.6 Å². The number of carbonyl (C=O) groups excluding carboxylic acids is 1. The van der Waals surface area contributed by atoms with Crippen molar-refractivity contribution in [3.05, 3.63) is 59.1 Å². The maximum atomic E-state index is 12.3. The maximum Gasteiger partial charge on any atom is 0.319 e. The lowest BCUT2D eigenvalue weighted by Gasteiger charge is -2.20. The molecule has 3 rings (SSSR count). The molecule has 1 fully saturated rings. The van der Waals surface area contributed by atoms with Crippen LogP contribution in [-0.4, -0.2) is 13.1 Å². The Morgan fingerprint density at radius 2 is 1.87 bits per heavy atom. The number of urea groups is 1. The molecule has 0 aromatic heterocycles. The highest BCUT2D eigenvalue weighted by Crippen LogP contribution is 2.41. The topological polar surface area (TPSA) is 50.4 Å². The highest BCUT2D eigenvalue weighted by molar-refractivity contribution is 6.33. The van der Waals surface area contributed by atoms with Gasteiger partial charge in [0.2, 0.25) is 0 Å². The molecule has 2 N–H and O–H groups in total. The largest absolute Gasteiger partial charge is 0.497 e. The number of ether oxygens (including phenoxy) is 1. The molecule has 1 saturated carbocycles. The summed E-state index contributed by atoms with van der Waals surface area (Å²) in [7, 11) is 1.64. The van der Waals surface area contributed by atoms with Crippen molar-refractivity contribution in [1.29, 1.82) is 0 Å². The third-order valence-corrected chi connectivity index (χ3v) is 4.31. The Bertz CT molecular complexity index is 684. The summed E-state index contributed by atoms with van der Waals surface area (Å²) in [4.78, 5) is 12.3. The quantitative estimate of drug-likeness (QED) is 0.840. The molecule has 4 nitrogen and oxygen atoms in total. The average molecular weight is 331 g/mol. The lowest BCUT2D eigenvalue weighted by molar-refractivity contribution is 0.247. The smallest absolute Gasteiger partial charge is 0.319 e. The van der Waals surface area contributed by atoms with E-state index in [0.29, 0.717) is 16.6 Å². The van der Waals surface area contributed by atoms with Crippen molar-refractivity contribution in [3.63, 3.8) is 0 Å². The number of amides is 2. The SMILES string of the molecule is COc1ccc(C(NC(=O)Nc2ccccc2Cl)C2CC2)cc1. The van der Waals surface area contributed by atoms with Gasteiger partial charge in [0, 0.05) is 0 Å². The molecule has 2 amide bonds. The molecule has 23 heavy (non-hydrogen) atoms. The van der Waals surface area contributed by atoms with Crippen molar-refractivity contribution in [2.24, 2.45) is 5.92 Å². The highest BCUT2D eigenvalue weighted by Gasteiger charge is 2.33. The van der Waals surface area contributed by atoms with Gasteiger partial charge in [0.1, 0.15) is 5.75 Å². The normalized spacial score (nSPS) is 14.9. The van der Waals surface area contributed by atoms with Gasteiger partial charge < -0.3 is 15.4 Å². The van der Waals surface area contributed by atoms with E-state index in [1.165, 1.54) is 0 Å². The van der Waals surface area contributed by atoms with Crippen molar-refractivity contribution >= 4 is 23.3 Å². The number of benzene rings is 2. The Morgan fingerprint density at radius 1 is 1.17 bits per heavy atom. The van der Waals surface area contributed by atoms with E-state index in [4.69, 9.17) is 16.3 Å². The Hall–Kier alpha value is -2.20. The van der Waals surface area contributed by atoms with Gasteiger partial charge in [-0.25, -0.2) is 4.79 Å². The van der Waals surface area contributed by atoms with E-state index < -0.39 is 0 Å². The molecule has 2 aromatic rings. The first-order valence-corrected chi connectivity index (χ1v) is 8.01. The summed E-state index contributed by atoms with van der Waals surface area (Å²) in [5.74, 6) is 1.30. The molecular formula is C18H19ClN2O2. The Balaban J connectivity index is 1.69. The number of halogens is 1. The van der Waals surface area contributed by atoms with Gasteiger partial charge in [-0.15, -0.1) is 0 Å². The minimum atomic E-state index is -0.245. The number of methoxy groups -OCH3 is 1. The molecule has 1 unspecified atom stereocenters. The minimum absolute atomic E-state index is 0.00314. The second-order valence-corrected chi connectivity index (χ2v) is 6.07. The van der Waals surface area contributed by atoms with Gasteiger partial charge in [0.15, 0.2) is 0 Å². The first-order chi connectivity index (χ1) is 11.2. The van der Waals surface area contributed by atoms with E-state index in [-0.39, 0.29) is 12.1 Å². The van der Waals surface area contributed by atoms with Crippen molar-refractivity contribution in [1.82, 2.24) is 5.32 Å². The third kappa shape index (κ3) is 3.96. The van der Waals surface area contributed by atoms with Crippen LogP contribution in [0.4, 0.5) is 10.5 Å². The fraction of sp³-hybridized carbons (Fsp3) is 0.278. The van der Waals surface area contributed by atoms with Crippen LogP contribution in [0.5, 0.6) is 5.75 Å². The monoisotopic (exact) mass is 330 g/mol. The van der Waals surface area contributed by atoms with Gasteiger partial charge in [0.05, 0.1) is 23.9 Å². The summed E-state index contributed by atoms with van der Waals surface area (Å²) in [6.45, 7) is 0. The highest BCUT2D eigenvalue weighted by atomic mass is 35.5. The molecule has 0 spiro atoms. The third-order valence-electron chi connectivity index (χ3n) is 3.98. The van der Waals surface area contributed by atoms with Gasteiger partial charge in [-0.1, -0.05) is 35.9 Å². The number of anilines is 1. The van der Waals surface area contributed by atoms with Gasteiger partial charge in [-0.2, -0.15) is 0 Å². The van der Waals surface area contributed by atoms with Crippen LogP contribution in [0.25, 0.3) is 0 Å². The predicted molar refractivity (Wildman–Crippen MR) is 92.1 cm³/mol.